The maximum absolute atomic E-state index is 13.7. The molecule has 0 saturated carbocycles. The van der Waals surface area contributed by atoms with Gasteiger partial charge in [-0.15, -0.1) is 0 Å². The van der Waals surface area contributed by atoms with E-state index in [0.717, 1.165) is 49.9 Å². The summed E-state index contributed by atoms with van der Waals surface area (Å²) in [5, 5.41) is 6.41. The largest absolute Gasteiger partial charge is 0.334 e. The second-order valence-electron chi connectivity index (χ2n) is 12.2. The Bertz CT molecular complexity index is 2290. The SMILES string of the molecule is O=C(c1nc2cc3c(-c4ccncc4)nn(C(c4ccccc4)(c4ccccc4)c4ccccc4)c3cc2[nH]1)N1C[C@@H]1c1ccccc1. The zero-order valence-electron chi connectivity index (χ0n) is 25.9. The van der Waals surface area contributed by atoms with Crippen molar-refractivity contribution in [2.75, 3.05) is 6.54 Å². The normalized spacial score (nSPS) is 14.4. The predicted octanol–water partition coefficient (Wildman–Crippen LogP) is 8.01. The fourth-order valence-corrected chi connectivity index (χ4v) is 7.06. The number of rotatable bonds is 7. The van der Waals surface area contributed by atoms with Crippen molar-refractivity contribution in [3.63, 3.8) is 0 Å². The highest BCUT2D eigenvalue weighted by Crippen LogP contribution is 2.44. The molecule has 1 fully saturated rings. The van der Waals surface area contributed by atoms with Crippen molar-refractivity contribution in [1.29, 1.82) is 0 Å². The molecule has 1 aliphatic rings. The number of fused-ring (bicyclic) bond motifs is 2. The summed E-state index contributed by atoms with van der Waals surface area (Å²) in [4.78, 5) is 28.0. The zero-order valence-corrected chi connectivity index (χ0v) is 25.9. The molecule has 0 spiro atoms. The molecule has 1 aliphatic heterocycles. The van der Waals surface area contributed by atoms with Gasteiger partial charge in [0.15, 0.2) is 5.82 Å². The Morgan fingerprint density at radius 1 is 0.708 bits per heavy atom. The quantitative estimate of drug-likeness (QED) is 0.144. The maximum Gasteiger partial charge on any atom is 0.290 e. The van der Waals surface area contributed by atoms with Crippen molar-refractivity contribution in [2.24, 2.45) is 0 Å². The molecule has 7 nitrogen and oxygen atoms in total. The van der Waals surface area contributed by atoms with Gasteiger partial charge in [0.1, 0.15) is 11.2 Å². The number of amides is 1. The van der Waals surface area contributed by atoms with E-state index in [-0.39, 0.29) is 11.9 Å². The molecule has 0 unspecified atom stereocenters. The van der Waals surface area contributed by atoms with Gasteiger partial charge in [0.25, 0.3) is 5.91 Å². The van der Waals surface area contributed by atoms with Crippen LogP contribution in [0.4, 0.5) is 0 Å². The smallest absolute Gasteiger partial charge is 0.290 e. The zero-order chi connectivity index (χ0) is 32.1. The van der Waals surface area contributed by atoms with Crippen LogP contribution < -0.4 is 0 Å². The third-order valence-corrected chi connectivity index (χ3v) is 9.39. The third-order valence-electron chi connectivity index (χ3n) is 9.39. The minimum atomic E-state index is -0.831. The second-order valence-corrected chi connectivity index (χ2v) is 12.2. The van der Waals surface area contributed by atoms with Crippen molar-refractivity contribution in [3.8, 4) is 11.3 Å². The molecule has 1 amide bonds. The number of carbonyl (C=O) groups is 1. The first-order valence-electron chi connectivity index (χ1n) is 16.1. The number of imidazole rings is 1. The van der Waals surface area contributed by atoms with Gasteiger partial charge in [-0.1, -0.05) is 121 Å². The summed E-state index contributed by atoms with van der Waals surface area (Å²) < 4.78 is 2.15. The molecule has 0 bridgehead atoms. The lowest BCUT2D eigenvalue weighted by atomic mass is 9.77. The van der Waals surface area contributed by atoms with Crippen LogP contribution in [0.25, 0.3) is 33.2 Å². The van der Waals surface area contributed by atoms with Crippen molar-refractivity contribution >= 4 is 27.8 Å². The van der Waals surface area contributed by atoms with Crippen LogP contribution >= 0.6 is 0 Å². The number of pyridine rings is 1. The lowest BCUT2D eigenvalue weighted by Gasteiger charge is -2.37. The molecule has 7 heteroatoms. The van der Waals surface area contributed by atoms with Crippen LogP contribution in [0.5, 0.6) is 0 Å². The standard InChI is InChI=1S/C41H30N6O/c48-40(46-27-37(46)28-13-5-1-6-14-28)39-43-34-25-33-36(26-35(34)44-39)47(45-38(33)29-21-23-42-24-22-29)41(30-15-7-2-8-16-30,31-17-9-3-10-18-31)32-19-11-4-12-20-32/h1-26,37H,27H2,(H,43,44)/t37-,46?/m1/s1. The van der Waals surface area contributed by atoms with Crippen molar-refractivity contribution < 1.29 is 4.79 Å². The minimum Gasteiger partial charge on any atom is -0.334 e. The summed E-state index contributed by atoms with van der Waals surface area (Å²) in [7, 11) is 0. The molecule has 9 rings (SSSR count). The average molecular weight is 623 g/mol. The number of carbonyl (C=O) groups excluding carboxylic acids is 1. The summed E-state index contributed by atoms with van der Waals surface area (Å²) in [6, 6.07) is 49.9. The third kappa shape index (κ3) is 4.43. The van der Waals surface area contributed by atoms with Crippen molar-refractivity contribution in [2.45, 2.75) is 11.6 Å². The molecule has 3 aromatic heterocycles. The van der Waals surface area contributed by atoms with Gasteiger partial charge < -0.3 is 9.88 Å². The van der Waals surface area contributed by atoms with Gasteiger partial charge in [0.2, 0.25) is 0 Å². The van der Waals surface area contributed by atoms with E-state index in [0.29, 0.717) is 17.9 Å². The fraction of sp³-hybridized carbons (Fsp3) is 0.0732. The first-order valence-corrected chi connectivity index (χ1v) is 16.1. The number of hydrogen-bond acceptors (Lipinski definition) is 4. The lowest BCUT2D eigenvalue weighted by molar-refractivity contribution is 0.0864. The summed E-state index contributed by atoms with van der Waals surface area (Å²) in [6.07, 6.45) is 3.58. The predicted molar refractivity (Wildman–Crippen MR) is 187 cm³/mol. The molecule has 1 N–H and O–H groups in total. The van der Waals surface area contributed by atoms with Gasteiger partial charge in [-0.2, -0.15) is 5.10 Å². The van der Waals surface area contributed by atoms with Crippen LogP contribution in [0.1, 0.15) is 38.9 Å². The second kappa shape index (κ2) is 11.2. The van der Waals surface area contributed by atoms with Crippen LogP contribution in [-0.4, -0.2) is 42.1 Å². The van der Waals surface area contributed by atoms with E-state index < -0.39 is 5.54 Å². The number of aromatic nitrogens is 5. The molecule has 1 atom stereocenters. The fourth-order valence-electron chi connectivity index (χ4n) is 7.06. The van der Waals surface area contributed by atoms with E-state index >= 15 is 0 Å². The lowest BCUT2D eigenvalue weighted by Crippen LogP contribution is -2.38. The van der Waals surface area contributed by atoms with Crippen LogP contribution in [-0.2, 0) is 5.54 Å². The Kier molecular flexibility index (Phi) is 6.50. The van der Waals surface area contributed by atoms with Gasteiger partial charge in [-0.3, -0.25) is 9.78 Å². The van der Waals surface area contributed by atoms with Gasteiger partial charge in [-0.25, -0.2) is 9.67 Å². The highest BCUT2D eigenvalue weighted by molar-refractivity contribution is 6.03. The minimum absolute atomic E-state index is 0.0704. The van der Waals surface area contributed by atoms with Gasteiger partial charge >= 0.3 is 0 Å². The molecule has 8 aromatic rings. The van der Waals surface area contributed by atoms with Gasteiger partial charge in [0, 0.05) is 29.9 Å². The van der Waals surface area contributed by atoms with Gasteiger partial charge in [0.05, 0.1) is 22.6 Å². The molecule has 0 radical (unpaired) electrons. The number of benzene rings is 5. The number of nitrogens with zero attached hydrogens (tertiary/aromatic N) is 5. The van der Waals surface area contributed by atoms with E-state index in [2.05, 4.69) is 112 Å². The van der Waals surface area contributed by atoms with Crippen LogP contribution in [0, 0.1) is 0 Å². The molecule has 230 valence electrons. The molecule has 0 aliphatic carbocycles. The van der Waals surface area contributed by atoms with E-state index in [9.17, 15) is 4.79 Å². The van der Waals surface area contributed by atoms with Crippen molar-refractivity contribution in [1.82, 2.24) is 29.6 Å². The number of nitrogens with one attached hydrogen (secondary N) is 1. The number of hydrogen-bond donors (Lipinski definition) is 1. The Morgan fingerprint density at radius 3 is 1.85 bits per heavy atom. The molecule has 4 heterocycles. The van der Waals surface area contributed by atoms with Crippen LogP contribution in [0.3, 0.4) is 0 Å². The van der Waals surface area contributed by atoms with E-state index in [1.54, 1.807) is 12.4 Å². The molecular formula is C41H30N6O. The van der Waals surface area contributed by atoms with Crippen molar-refractivity contribution in [3.05, 3.63) is 186 Å². The Hall–Kier alpha value is -6.34. The monoisotopic (exact) mass is 622 g/mol. The Balaban J connectivity index is 1.30. The van der Waals surface area contributed by atoms with Crippen LogP contribution in [0.15, 0.2) is 158 Å². The highest BCUT2D eigenvalue weighted by atomic mass is 16.2. The average Bonchev–Trinajstić information content (AvgIpc) is 3.73. The molecule has 5 aromatic carbocycles. The summed E-state index contributed by atoms with van der Waals surface area (Å²) in [5.74, 6) is 0.230. The topological polar surface area (TPSA) is 79.5 Å². The van der Waals surface area contributed by atoms with Crippen LogP contribution in [0.2, 0.25) is 0 Å². The Labute approximate surface area is 277 Å². The first kappa shape index (κ1) is 27.9. The highest BCUT2D eigenvalue weighted by Gasteiger charge is 2.42. The number of aromatic amines is 1. The van der Waals surface area contributed by atoms with E-state index in [1.807, 2.05) is 53.4 Å². The molecular weight excluding hydrogens is 592 g/mol. The maximum atomic E-state index is 13.7. The molecule has 48 heavy (non-hydrogen) atoms. The summed E-state index contributed by atoms with van der Waals surface area (Å²) in [5.41, 5.74) is 7.66. The summed E-state index contributed by atoms with van der Waals surface area (Å²) in [6.45, 7) is 0.677. The van der Waals surface area contributed by atoms with E-state index in [1.165, 1.54) is 0 Å². The molecule has 1 saturated heterocycles. The summed E-state index contributed by atoms with van der Waals surface area (Å²) >= 11 is 0. The Morgan fingerprint density at radius 2 is 1.27 bits per heavy atom. The van der Waals surface area contributed by atoms with E-state index in [4.69, 9.17) is 10.1 Å². The first-order chi connectivity index (χ1) is 23.7. The van der Waals surface area contributed by atoms with Gasteiger partial charge in [-0.05, 0) is 46.5 Å². The number of H-pyrrole nitrogens is 1.